The van der Waals surface area contributed by atoms with Crippen molar-refractivity contribution in [2.75, 3.05) is 0 Å². The fourth-order valence-electron chi connectivity index (χ4n) is 4.96. The second-order valence-corrected chi connectivity index (χ2v) is 11.3. The van der Waals surface area contributed by atoms with E-state index < -0.39 is 5.97 Å². The smallest absolute Gasteiger partial charge is 0.306 e. The average Bonchev–Trinajstić information content (AvgIpc) is 2.93. The molecule has 0 aliphatic rings. The van der Waals surface area contributed by atoms with Crippen LogP contribution in [-0.4, -0.2) is 23.1 Å². The number of carboxylic acids is 1. The highest BCUT2D eigenvalue weighted by atomic mass is 16.5. The van der Waals surface area contributed by atoms with Crippen LogP contribution in [0.5, 0.6) is 0 Å². The van der Waals surface area contributed by atoms with E-state index >= 15 is 0 Å². The quantitative estimate of drug-likeness (QED) is 0.0539. The van der Waals surface area contributed by atoms with Gasteiger partial charge in [0, 0.05) is 12.8 Å². The lowest BCUT2D eigenvalue weighted by molar-refractivity contribution is -0.150. The van der Waals surface area contributed by atoms with E-state index in [4.69, 9.17) is 9.84 Å². The maximum absolute atomic E-state index is 12.3. The summed E-state index contributed by atoms with van der Waals surface area (Å²) in [6.45, 7) is 4.32. The molecule has 0 fully saturated rings. The van der Waals surface area contributed by atoms with E-state index in [1.807, 2.05) is 0 Å². The topological polar surface area (TPSA) is 63.6 Å². The number of allylic oxidation sites excluding steroid dienone is 6. The zero-order valence-corrected chi connectivity index (χ0v) is 26.4. The Morgan fingerprint density at radius 1 is 0.575 bits per heavy atom. The third-order valence-corrected chi connectivity index (χ3v) is 7.36. The Balaban J connectivity index is 3.56. The zero-order chi connectivity index (χ0) is 29.4. The summed E-state index contributed by atoms with van der Waals surface area (Å²) in [6.07, 6.45) is 40.7. The van der Waals surface area contributed by atoms with Crippen LogP contribution < -0.4 is 0 Å². The first-order chi connectivity index (χ1) is 19.6. The standard InChI is InChI=1S/C36H64O4/c1-3-5-6-7-8-9-10-11-12-13-14-15-16-17-18-19-23-26-29-33-36(39)40-34(30-4-2)31-27-24-21-20-22-25-28-32-35(37)38/h5-6,8-9,11-12,34H,3-4,7,10,13-33H2,1-2H3,(H,37,38)/b6-5-,9-8-,12-11-. The highest BCUT2D eigenvalue weighted by Crippen LogP contribution is 2.17. The number of aliphatic carboxylic acids is 1. The fraction of sp³-hybridized carbons (Fsp3) is 0.778. The van der Waals surface area contributed by atoms with E-state index in [0.717, 1.165) is 77.0 Å². The molecule has 0 radical (unpaired) electrons. The predicted molar refractivity (Wildman–Crippen MR) is 172 cm³/mol. The molecule has 0 saturated carbocycles. The molecule has 4 nitrogen and oxygen atoms in total. The van der Waals surface area contributed by atoms with Crippen LogP contribution in [0.3, 0.4) is 0 Å². The Hall–Kier alpha value is -1.84. The van der Waals surface area contributed by atoms with Gasteiger partial charge in [0.1, 0.15) is 6.10 Å². The lowest BCUT2D eigenvalue weighted by Crippen LogP contribution is -2.18. The van der Waals surface area contributed by atoms with Crippen LogP contribution in [-0.2, 0) is 14.3 Å². The molecule has 0 saturated heterocycles. The molecule has 0 spiro atoms. The molecule has 0 aliphatic carbocycles. The molecule has 0 aliphatic heterocycles. The first kappa shape index (κ1) is 38.2. The van der Waals surface area contributed by atoms with Gasteiger partial charge in [-0.15, -0.1) is 0 Å². The van der Waals surface area contributed by atoms with Crippen LogP contribution in [0.2, 0.25) is 0 Å². The lowest BCUT2D eigenvalue weighted by Gasteiger charge is -2.17. The van der Waals surface area contributed by atoms with Crippen molar-refractivity contribution >= 4 is 11.9 Å². The minimum Gasteiger partial charge on any atom is -0.481 e. The van der Waals surface area contributed by atoms with Gasteiger partial charge in [-0.05, 0) is 64.2 Å². The predicted octanol–water partition coefficient (Wildman–Crippen LogP) is 11.4. The van der Waals surface area contributed by atoms with Crippen LogP contribution in [0.1, 0.15) is 174 Å². The van der Waals surface area contributed by atoms with Gasteiger partial charge >= 0.3 is 11.9 Å². The van der Waals surface area contributed by atoms with Gasteiger partial charge in [-0.2, -0.15) is 0 Å². The van der Waals surface area contributed by atoms with E-state index in [1.165, 1.54) is 70.6 Å². The lowest BCUT2D eigenvalue weighted by atomic mass is 10.0. The minimum absolute atomic E-state index is 0.00826. The van der Waals surface area contributed by atoms with Gasteiger partial charge in [0.15, 0.2) is 0 Å². The van der Waals surface area contributed by atoms with Gasteiger partial charge in [0.25, 0.3) is 0 Å². The highest BCUT2D eigenvalue weighted by molar-refractivity contribution is 5.69. The van der Waals surface area contributed by atoms with E-state index in [-0.39, 0.29) is 12.1 Å². The number of carbonyl (C=O) groups is 2. The van der Waals surface area contributed by atoms with Gasteiger partial charge in [-0.1, -0.05) is 134 Å². The van der Waals surface area contributed by atoms with Crippen molar-refractivity contribution in [3.63, 3.8) is 0 Å². The summed E-state index contributed by atoms with van der Waals surface area (Å²) in [4.78, 5) is 22.8. The van der Waals surface area contributed by atoms with Crippen LogP contribution in [0.15, 0.2) is 36.5 Å². The summed E-state index contributed by atoms with van der Waals surface area (Å²) in [7, 11) is 0. The molecule has 0 rings (SSSR count). The molecular weight excluding hydrogens is 496 g/mol. The van der Waals surface area contributed by atoms with Gasteiger partial charge < -0.3 is 9.84 Å². The molecule has 0 aromatic carbocycles. The average molecular weight is 561 g/mol. The summed E-state index contributed by atoms with van der Waals surface area (Å²) in [5, 5.41) is 8.67. The molecule has 0 bridgehead atoms. The molecular formula is C36H64O4. The molecule has 4 heteroatoms. The first-order valence-corrected chi connectivity index (χ1v) is 17.0. The fourth-order valence-corrected chi connectivity index (χ4v) is 4.96. The number of hydrogen-bond donors (Lipinski definition) is 1. The Bertz CT molecular complexity index is 649. The molecule has 0 aromatic rings. The number of unbranched alkanes of at least 4 members (excludes halogenated alkanes) is 15. The summed E-state index contributed by atoms with van der Waals surface area (Å²) in [6, 6.07) is 0. The van der Waals surface area contributed by atoms with Crippen LogP contribution in [0.4, 0.5) is 0 Å². The monoisotopic (exact) mass is 560 g/mol. The summed E-state index contributed by atoms with van der Waals surface area (Å²) < 4.78 is 5.81. The van der Waals surface area contributed by atoms with Crippen molar-refractivity contribution in [2.24, 2.45) is 0 Å². The Morgan fingerprint density at radius 2 is 1.05 bits per heavy atom. The number of carboxylic acid groups (broad SMARTS) is 1. The maximum atomic E-state index is 12.3. The van der Waals surface area contributed by atoms with Crippen molar-refractivity contribution in [3.8, 4) is 0 Å². The summed E-state index contributed by atoms with van der Waals surface area (Å²) >= 11 is 0. The molecule has 0 amide bonds. The third-order valence-electron chi connectivity index (χ3n) is 7.36. The van der Waals surface area contributed by atoms with Crippen LogP contribution in [0, 0.1) is 0 Å². The van der Waals surface area contributed by atoms with Crippen molar-refractivity contribution < 1.29 is 19.4 Å². The van der Waals surface area contributed by atoms with Crippen LogP contribution in [0.25, 0.3) is 0 Å². The number of hydrogen-bond acceptors (Lipinski definition) is 3. The number of esters is 1. The molecule has 1 unspecified atom stereocenters. The zero-order valence-electron chi connectivity index (χ0n) is 26.4. The van der Waals surface area contributed by atoms with Gasteiger partial charge in [-0.25, -0.2) is 0 Å². The van der Waals surface area contributed by atoms with Gasteiger partial charge in [-0.3, -0.25) is 9.59 Å². The third kappa shape index (κ3) is 30.7. The molecule has 1 atom stereocenters. The number of carbonyl (C=O) groups excluding carboxylic acids is 1. The maximum Gasteiger partial charge on any atom is 0.306 e. The Morgan fingerprint density at radius 3 is 1.60 bits per heavy atom. The second kappa shape index (κ2) is 31.7. The second-order valence-electron chi connectivity index (χ2n) is 11.3. The number of ether oxygens (including phenoxy) is 1. The molecule has 232 valence electrons. The first-order valence-electron chi connectivity index (χ1n) is 17.0. The van der Waals surface area contributed by atoms with Crippen molar-refractivity contribution in [2.45, 2.75) is 180 Å². The van der Waals surface area contributed by atoms with Gasteiger partial charge in [0.2, 0.25) is 0 Å². The molecule has 40 heavy (non-hydrogen) atoms. The van der Waals surface area contributed by atoms with Crippen molar-refractivity contribution in [1.29, 1.82) is 0 Å². The summed E-state index contributed by atoms with van der Waals surface area (Å²) in [5.41, 5.74) is 0. The summed E-state index contributed by atoms with van der Waals surface area (Å²) in [5.74, 6) is -0.700. The molecule has 0 aromatic heterocycles. The van der Waals surface area contributed by atoms with Crippen molar-refractivity contribution in [1.82, 2.24) is 0 Å². The Kier molecular flexibility index (Phi) is 30.2. The van der Waals surface area contributed by atoms with Crippen LogP contribution >= 0.6 is 0 Å². The van der Waals surface area contributed by atoms with E-state index in [0.29, 0.717) is 12.8 Å². The number of rotatable bonds is 30. The Labute approximate surface area is 248 Å². The van der Waals surface area contributed by atoms with E-state index in [1.54, 1.807) is 0 Å². The normalized spacial score (nSPS) is 12.7. The van der Waals surface area contributed by atoms with E-state index in [9.17, 15) is 9.59 Å². The van der Waals surface area contributed by atoms with E-state index in [2.05, 4.69) is 50.3 Å². The SMILES string of the molecule is CC/C=C\C/C=C\C/C=C\CCCCCCCCCCCC(=O)OC(CCC)CCCCCCCCCC(=O)O. The highest BCUT2D eigenvalue weighted by Gasteiger charge is 2.13. The molecule has 1 N–H and O–H groups in total. The minimum atomic E-state index is -0.692. The van der Waals surface area contributed by atoms with Gasteiger partial charge in [0.05, 0.1) is 0 Å². The molecule has 0 heterocycles. The van der Waals surface area contributed by atoms with Crippen molar-refractivity contribution in [3.05, 3.63) is 36.5 Å². The largest absolute Gasteiger partial charge is 0.481 e.